The number of amides is 1. The summed E-state index contributed by atoms with van der Waals surface area (Å²) in [5, 5.41) is 12.5. The van der Waals surface area contributed by atoms with Crippen LogP contribution in [0.25, 0.3) is 0 Å². The largest absolute Gasteiger partial charge is 0.495 e. The number of hydrogen-bond donors (Lipinski definition) is 2. The van der Waals surface area contributed by atoms with Crippen LogP contribution in [-0.4, -0.2) is 72.2 Å². The first-order valence-electron chi connectivity index (χ1n) is 9.20. The number of halogens is 1. The zero-order valence-corrected chi connectivity index (χ0v) is 16.8. The molecule has 1 unspecified atom stereocenters. The van der Waals surface area contributed by atoms with E-state index < -0.39 is 5.97 Å². The molecule has 1 aliphatic rings. The van der Waals surface area contributed by atoms with Gasteiger partial charge in [0.05, 0.1) is 25.4 Å². The van der Waals surface area contributed by atoms with E-state index >= 15 is 0 Å². The molecule has 1 fully saturated rings. The fourth-order valence-corrected chi connectivity index (χ4v) is 3.66. The monoisotopic (exact) mass is 397 g/mol. The maximum Gasteiger partial charge on any atom is 0.317 e. The van der Waals surface area contributed by atoms with E-state index in [0.29, 0.717) is 23.0 Å². The molecule has 1 heterocycles. The molecule has 2 N–H and O–H groups in total. The maximum absolute atomic E-state index is 12.7. The average Bonchev–Trinajstić information content (AvgIpc) is 2.65. The van der Waals surface area contributed by atoms with E-state index in [4.69, 9.17) is 21.4 Å². The summed E-state index contributed by atoms with van der Waals surface area (Å²) in [6, 6.07) is 5.04. The zero-order valence-electron chi connectivity index (χ0n) is 16.1. The summed E-state index contributed by atoms with van der Waals surface area (Å²) in [6.45, 7) is 6.13. The minimum Gasteiger partial charge on any atom is -0.495 e. The number of hydrogen-bond acceptors (Lipinski definition) is 5. The van der Waals surface area contributed by atoms with E-state index in [1.165, 1.54) is 0 Å². The third kappa shape index (κ3) is 5.82. The van der Waals surface area contributed by atoms with Crippen molar-refractivity contribution >= 4 is 29.2 Å². The van der Waals surface area contributed by atoms with Crippen LogP contribution in [0.15, 0.2) is 18.2 Å². The van der Waals surface area contributed by atoms with Crippen molar-refractivity contribution in [2.75, 3.05) is 38.6 Å². The molecule has 0 saturated carbocycles. The summed E-state index contributed by atoms with van der Waals surface area (Å²) in [5.74, 6) is -0.361. The van der Waals surface area contributed by atoms with Gasteiger partial charge in [-0.25, -0.2) is 0 Å². The van der Waals surface area contributed by atoms with Gasteiger partial charge in [0, 0.05) is 24.2 Å². The summed E-state index contributed by atoms with van der Waals surface area (Å²) in [5.41, 5.74) is 0.551. The van der Waals surface area contributed by atoms with E-state index in [1.54, 1.807) is 25.3 Å². The third-order valence-corrected chi connectivity index (χ3v) is 5.34. The number of nitrogens with zero attached hydrogens (tertiary/aromatic N) is 2. The Labute approximate surface area is 165 Å². The number of nitrogens with one attached hydrogen (secondary N) is 1. The quantitative estimate of drug-likeness (QED) is 0.701. The van der Waals surface area contributed by atoms with Crippen molar-refractivity contribution in [2.24, 2.45) is 0 Å². The number of piperidine rings is 1. The maximum atomic E-state index is 12.7. The molecule has 0 aliphatic carbocycles. The van der Waals surface area contributed by atoms with Crippen molar-refractivity contribution in [1.82, 2.24) is 9.80 Å². The smallest absolute Gasteiger partial charge is 0.317 e. The number of aliphatic carboxylic acids is 1. The lowest BCUT2D eigenvalue weighted by atomic mass is 10.0. The number of carbonyl (C=O) groups excluding carboxylic acids is 1. The molecule has 1 aliphatic heterocycles. The molecule has 7 nitrogen and oxygen atoms in total. The number of likely N-dealkylation sites (tertiary alicyclic amines) is 1. The summed E-state index contributed by atoms with van der Waals surface area (Å²) in [4.78, 5) is 27.8. The van der Waals surface area contributed by atoms with E-state index in [0.717, 1.165) is 25.9 Å². The van der Waals surface area contributed by atoms with Gasteiger partial charge in [-0.1, -0.05) is 18.5 Å². The predicted molar refractivity (Wildman–Crippen MR) is 106 cm³/mol. The highest BCUT2D eigenvalue weighted by atomic mass is 35.5. The van der Waals surface area contributed by atoms with E-state index in [2.05, 4.69) is 10.2 Å². The van der Waals surface area contributed by atoms with Crippen molar-refractivity contribution in [3.63, 3.8) is 0 Å². The highest BCUT2D eigenvalue weighted by Crippen LogP contribution is 2.28. The molecule has 1 aromatic carbocycles. The average molecular weight is 398 g/mol. The number of carboxylic acids is 1. The molecule has 0 bridgehead atoms. The molecule has 2 rings (SSSR count). The lowest BCUT2D eigenvalue weighted by Crippen LogP contribution is -2.51. The predicted octanol–water partition coefficient (Wildman–Crippen LogP) is 2.55. The Morgan fingerprint density at radius 1 is 1.41 bits per heavy atom. The van der Waals surface area contributed by atoms with Gasteiger partial charge in [0.25, 0.3) is 0 Å². The minimum absolute atomic E-state index is 0.0613. The van der Waals surface area contributed by atoms with Gasteiger partial charge in [-0.2, -0.15) is 0 Å². The van der Waals surface area contributed by atoms with Crippen molar-refractivity contribution in [2.45, 2.75) is 38.8 Å². The molecular weight excluding hydrogens is 370 g/mol. The molecule has 27 heavy (non-hydrogen) atoms. The standard InChI is InChI=1S/C19H28ClN3O4/c1-4-22(12-18(24)25)15-7-9-23(10-8-15)13(2)19(26)21-16-11-14(20)5-6-17(16)27-3/h5-6,11,13,15H,4,7-10,12H2,1-3H3,(H,21,26)(H,24,25). The zero-order chi connectivity index (χ0) is 20.0. The first kappa shape index (κ1) is 21.5. The second-order valence-electron chi connectivity index (χ2n) is 6.73. The van der Waals surface area contributed by atoms with Gasteiger partial charge in [-0.05, 0) is 44.5 Å². The minimum atomic E-state index is -0.803. The molecule has 1 atom stereocenters. The van der Waals surface area contributed by atoms with E-state index in [1.807, 2.05) is 18.7 Å². The second-order valence-corrected chi connectivity index (χ2v) is 7.17. The molecule has 1 aromatic rings. The van der Waals surface area contributed by atoms with Gasteiger partial charge in [-0.15, -0.1) is 0 Å². The summed E-state index contributed by atoms with van der Waals surface area (Å²) >= 11 is 6.02. The lowest BCUT2D eigenvalue weighted by Gasteiger charge is -2.39. The molecule has 8 heteroatoms. The van der Waals surface area contributed by atoms with Crippen LogP contribution in [0, 0.1) is 0 Å². The highest BCUT2D eigenvalue weighted by molar-refractivity contribution is 6.31. The van der Waals surface area contributed by atoms with Crippen molar-refractivity contribution < 1.29 is 19.4 Å². The van der Waals surface area contributed by atoms with Crippen molar-refractivity contribution in [3.8, 4) is 5.75 Å². The van der Waals surface area contributed by atoms with Crippen LogP contribution in [-0.2, 0) is 9.59 Å². The topological polar surface area (TPSA) is 82.1 Å². The number of carbonyl (C=O) groups is 2. The van der Waals surface area contributed by atoms with E-state index in [9.17, 15) is 9.59 Å². The van der Waals surface area contributed by atoms with Crippen LogP contribution in [0.2, 0.25) is 5.02 Å². The highest BCUT2D eigenvalue weighted by Gasteiger charge is 2.29. The van der Waals surface area contributed by atoms with Gasteiger partial charge in [0.1, 0.15) is 5.75 Å². The van der Waals surface area contributed by atoms with Crippen LogP contribution in [0.5, 0.6) is 5.75 Å². The second kappa shape index (κ2) is 9.92. The van der Waals surface area contributed by atoms with Gasteiger partial charge in [0.15, 0.2) is 0 Å². The van der Waals surface area contributed by atoms with Crippen LogP contribution in [0.4, 0.5) is 5.69 Å². The van der Waals surface area contributed by atoms with Crippen LogP contribution in [0.1, 0.15) is 26.7 Å². The van der Waals surface area contributed by atoms with Gasteiger partial charge < -0.3 is 15.2 Å². The Bertz CT molecular complexity index is 662. The first-order chi connectivity index (χ1) is 12.8. The Balaban J connectivity index is 1.93. The first-order valence-corrected chi connectivity index (χ1v) is 9.57. The van der Waals surface area contributed by atoms with Gasteiger partial charge in [0.2, 0.25) is 5.91 Å². The third-order valence-electron chi connectivity index (χ3n) is 5.11. The van der Waals surface area contributed by atoms with Crippen LogP contribution in [0.3, 0.4) is 0 Å². The lowest BCUT2D eigenvalue weighted by molar-refractivity contribution is -0.139. The van der Waals surface area contributed by atoms with Crippen LogP contribution >= 0.6 is 11.6 Å². The number of methoxy groups -OCH3 is 1. The van der Waals surface area contributed by atoms with Gasteiger partial charge >= 0.3 is 5.97 Å². The normalized spacial score (nSPS) is 16.9. The number of benzene rings is 1. The number of rotatable bonds is 8. The molecule has 150 valence electrons. The van der Waals surface area contributed by atoms with Crippen molar-refractivity contribution in [1.29, 1.82) is 0 Å². The van der Waals surface area contributed by atoms with E-state index in [-0.39, 0.29) is 24.5 Å². The fourth-order valence-electron chi connectivity index (χ4n) is 3.49. The summed E-state index contributed by atoms with van der Waals surface area (Å²) in [7, 11) is 1.55. The van der Waals surface area contributed by atoms with Crippen LogP contribution < -0.4 is 10.1 Å². The Kier molecular flexibility index (Phi) is 7.89. The molecular formula is C19H28ClN3O4. The Hall–Kier alpha value is -1.83. The number of ether oxygens (including phenoxy) is 1. The number of anilines is 1. The SMILES string of the molecule is CCN(CC(=O)O)C1CCN(C(C)C(=O)Nc2cc(Cl)ccc2OC)CC1. The molecule has 0 aromatic heterocycles. The van der Waals surface area contributed by atoms with Gasteiger partial charge in [-0.3, -0.25) is 19.4 Å². The summed E-state index contributed by atoms with van der Waals surface area (Å²) in [6.07, 6.45) is 1.69. The van der Waals surface area contributed by atoms with Crippen molar-refractivity contribution in [3.05, 3.63) is 23.2 Å². The Morgan fingerprint density at radius 2 is 2.07 bits per heavy atom. The molecule has 1 amide bonds. The Morgan fingerprint density at radius 3 is 2.63 bits per heavy atom. The molecule has 0 spiro atoms. The fraction of sp³-hybridized carbons (Fsp3) is 0.579. The number of carboxylic acid groups (broad SMARTS) is 1. The summed E-state index contributed by atoms with van der Waals surface area (Å²) < 4.78 is 5.27. The molecule has 0 radical (unpaired) electrons. The molecule has 1 saturated heterocycles. The number of likely N-dealkylation sites (N-methyl/N-ethyl adjacent to an activating group) is 1.